The van der Waals surface area contributed by atoms with Crippen molar-refractivity contribution in [2.24, 2.45) is 0 Å². The van der Waals surface area contributed by atoms with Gasteiger partial charge in [-0.3, -0.25) is 4.79 Å². The number of benzene rings is 2. The molecule has 4 heteroatoms. The third-order valence-corrected chi connectivity index (χ3v) is 3.14. The standard InChI is InChI=1S/C13H9FINO/c14-9-4-3-5-10(8-9)16-13(17)11-6-1-2-7-12(11)15/h1-8H,(H,16,17). The summed E-state index contributed by atoms with van der Waals surface area (Å²) in [5.74, 6) is -0.605. The molecule has 0 atom stereocenters. The van der Waals surface area contributed by atoms with Gasteiger partial charge < -0.3 is 5.32 Å². The van der Waals surface area contributed by atoms with E-state index in [4.69, 9.17) is 0 Å². The van der Waals surface area contributed by atoms with Crippen LogP contribution >= 0.6 is 22.6 Å². The number of rotatable bonds is 2. The molecule has 0 aliphatic carbocycles. The second-order valence-electron chi connectivity index (χ2n) is 3.44. The van der Waals surface area contributed by atoms with E-state index in [1.165, 1.54) is 12.1 Å². The lowest BCUT2D eigenvalue weighted by Crippen LogP contribution is -2.13. The molecule has 1 amide bonds. The maximum atomic E-state index is 12.9. The summed E-state index contributed by atoms with van der Waals surface area (Å²) in [7, 11) is 0. The van der Waals surface area contributed by atoms with Gasteiger partial charge in [-0.1, -0.05) is 18.2 Å². The highest BCUT2D eigenvalue weighted by Crippen LogP contribution is 2.15. The molecule has 0 bridgehead atoms. The molecule has 0 saturated carbocycles. The molecule has 2 nitrogen and oxygen atoms in total. The Morgan fingerprint density at radius 2 is 1.88 bits per heavy atom. The third kappa shape index (κ3) is 3.03. The fourth-order valence-electron chi connectivity index (χ4n) is 1.41. The topological polar surface area (TPSA) is 29.1 Å². The van der Waals surface area contributed by atoms with Gasteiger partial charge in [0, 0.05) is 9.26 Å². The van der Waals surface area contributed by atoms with Crippen LogP contribution in [-0.2, 0) is 0 Å². The lowest BCUT2D eigenvalue weighted by atomic mass is 10.2. The van der Waals surface area contributed by atoms with E-state index in [0.717, 1.165) is 3.57 Å². The molecule has 0 saturated heterocycles. The van der Waals surface area contributed by atoms with Crippen LogP contribution < -0.4 is 5.32 Å². The SMILES string of the molecule is O=C(Nc1cccc(F)c1)c1ccccc1I. The van der Waals surface area contributed by atoms with Crippen molar-refractivity contribution in [1.29, 1.82) is 0 Å². The molecule has 86 valence electrons. The number of halogens is 2. The molecule has 2 aromatic rings. The fraction of sp³-hybridized carbons (Fsp3) is 0. The summed E-state index contributed by atoms with van der Waals surface area (Å²) in [5.41, 5.74) is 1.03. The van der Waals surface area contributed by atoms with Crippen LogP contribution in [0.2, 0.25) is 0 Å². The molecule has 2 aromatic carbocycles. The maximum absolute atomic E-state index is 12.9. The summed E-state index contributed by atoms with van der Waals surface area (Å²) >= 11 is 2.09. The molecule has 0 heterocycles. The number of amides is 1. The molecular weight excluding hydrogens is 332 g/mol. The van der Waals surface area contributed by atoms with Gasteiger partial charge in [-0.25, -0.2) is 4.39 Å². The van der Waals surface area contributed by atoms with Gasteiger partial charge in [0.15, 0.2) is 0 Å². The van der Waals surface area contributed by atoms with Gasteiger partial charge in [0.1, 0.15) is 5.82 Å². The second-order valence-corrected chi connectivity index (χ2v) is 4.61. The molecule has 0 spiro atoms. The van der Waals surface area contributed by atoms with Crippen LogP contribution in [0.5, 0.6) is 0 Å². The maximum Gasteiger partial charge on any atom is 0.256 e. The quantitative estimate of drug-likeness (QED) is 0.830. The first-order valence-corrected chi connectivity index (χ1v) is 6.06. The van der Waals surface area contributed by atoms with Crippen LogP contribution in [0.3, 0.4) is 0 Å². The number of hydrogen-bond donors (Lipinski definition) is 1. The Morgan fingerprint density at radius 3 is 2.59 bits per heavy atom. The monoisotopic (exact) mass is 341 g/mol. The van der Waals surface area contributed by atoms with Gasteiger partial charge in [0.2, 0.25) is 0 Å². The molecule has 0 radical (unpaired) electrons. The van der Waals surface area contributed by atoms with Crippen molar-refractivity contribution >= 4 is 34.2 Å². The zero-order chi connectivity index (χ0) is 12.3. The average Bonchev–Trinajstić information content (AvgIpc) is 2.29. The lowest BCUT2D eigenvalue weighted by molar-refractivity contribution is 0.102. The third-order valence-electron chi connectivity index (χ3n) is 2.20. The van der Waals surface area contributed by atoms with E-state index in [-0.39, 0.29) is 11.7 Å². The Hall–Kier alpha value is -1.43. The van der Waals surface area contributed by atoms with Gasteiger partial charge in [0.25, 0.3) is 5.91 Å². The lowest BCUT2D eigenvalue weighted by Gasteiger charge is -2.06. The summed E-state index contributed by atoms with van der Waals surface area (Å²) in [6.45, 7) is 0. The molecule has 0 aliphatic heterocycles. The van der Waals surface area contributed by atoms with Gasteiger partial charge in [-0.15, -0.1) is 0 Å². The van der Waals surface area contributed by atoms with Gasteiger partial charge >= 0.3 is 0 Å². The Kier molecular flexibility index (Phi) is 3.73. The molecule has 2 rings (SSSR count). The molecule has 0 fully saturated rings. The van der Waals surface area contributed by atoms with Crippen molar-refractivity contribution in [2.75, 3.05) is 5.32 Å². The van der Waals surface area contributed by atoms with Crippen LogP contribution in [-0.4, -0.2) is 5.91 Å². The predicted molar refractivity (Wildman–Crippen MR) is 73.5 cm³/mol. The summed E-state index contributed by atoms with van der Waals surface area (Å²) in [5, 5.41) is 2.66. The summed E-state index contributed by atoms with van der Waals surface area (Å²) < 4.78 is 13.8. The fourth-order valence-corrected chi connectivity index (χ4v) is 2.04. The van der Waals surface area contributed by atoms with Crippen molar-refractivity contribution in [1.82, 2.24) is 0 Å². The van der Waals surface area contributed by atoms with E-state index in [1.807, 2.05) is 12.1 Å². The van der Waals surface area contributed by atoms with E-state index >= 15 is 0 Å². The predicted octanol–water partition coefficient (Wildman–Crippen LogP) is 3.68. The Labute approximate surface area is 112 Å². The average molecular weight is 341 g/mol. The summed E-state index contributed by atoms with van der Waals surface area (Å²) in [6, 6.07) is 13.1. The highest BCUT2D eigenvalue weighted by atomic mass is 127. The van der Waals surface area contributed by atoms with Crippen molar-refractivity contribution < 1.29 is 9.18 Å². The molecule has 0 aromatic heterocycles. The first-order valence-electron chi connectivity index (χ1n) is 4.98. The minimum atomic E-state index is -0.370. The van der Waals surface area contributed by atoms with Gasteiger partial charge in [-0.2, -0.15) is 0 Å². The highest BCUT2D eigenvalue weighted by Gasteiger charge is 2.09. The Balaban J connectivity index is 2.20. The largest absolute Gasteiger partial charge is 0.322 e. The van der Waals surface area contributed by atoms with E-state index in [2.05, 4.69) is 27.9 Å². The number of carbonyl (C=O) groups excluding carboxylic acids is 1. The molecule has 0 unspecified atom stereocenters. The summed E-state index contributed by atoms with van der Waals surface area (Å²) in [6.07, 6.45) is 0. The van der Waals surface area contributed by atoms with E-state index in [0.29, 0.717) is 11.3 Å². The number of carbonyl (C=O) groups is 1. The Morgan fingerprint density at radius 1 is 1.12 bits per heavy atom. The minimum absolute atomic E-state index is 0.236. The summed E-state index contributed by atoms with van der Waals surface area (Å²) in [4.78, 5) is 11.9. The smallest absolute Gasteiger partial charge is 0.256 e. The number of hydrogen-bond acceptors (Lipinski definition) is 1. The minimum Gasteiger partial charge on any atom is -0.322 e. The van der Waals surface area contributed by atoms with Crippen molar-refractivity contribution in [3.05, 3.63) is 63.5 Å². The van der Waals surface area contributed by atoms with Gasteiger partial charge in [-0.05, 0) is 52.9 Å². The number of nitrogens with one attached hydrogen (secondary N) is 1. The van der Waals surface area contributed by atoms with E-state index < -0.39 is 0 Å². The van der Waals surface area contributed by atoms with Crippen LogP contribution in [0.15, 0.2) is 48.5 Å². The van der Waals surface area contributed by atoms with Crippen molar-refractivity contribution in [2.45, 2.75) is 0 Å². The van der Waals surface area contributed by atoms with Gasteiger partial charge in [0.05, 0.1) is 5.56 Å². The van der Waals surface area contributed by atoms with E-state index in [9.17, 15) is 9.18 Å². The molecule has 1 N–H and O–H groups in total. The van der Waals surface area contributed by atoms with Crippen LogP contribution in [0, 0.1) is 9.39 Å². The van der Waals surface area contributed by atoms with E-state index in [1.54, 1.807) is 24.3 Å². The zero-order valence-corrected chi connectivity index (χ0v) is 10.9. The molecule has 17 heavy (non-hydrogen) atoms. The van der Waals surface area contributed by atoms with Crippen molar-refractivity contribution in [3.63, 3.8) is 0 Å². The number of anilines is 1. The van der Waals surface area contributed by atoms with Crippen molar-refractivity contribution in [3.8, 4) is 0 Å². The first kappa shape index (κ1) is 12.0. The Bertz CT molecular complexity index is 557. The van der Waals surface area contributed by atoms with Crippen LogP contribution in [0.1, 0.15) is 10.4 Å². The molecule has 0 aliphatic rings. The van der Waals surface area contributed by atoms with Crippen LogP contribution in [0.4, 0.5) is 10.1 Å². The van der Waals surface area contributed by atoms with Crippen LogP contribution in [0.25, 0.3) is 0 Å². The normalized spacial score (nSPS) is 10.0. The molecular formula is C13H9FINO. The second kappa shape index (κ2) is 5.27. The first-order chi connectivity index (χ1) is 8.16. The highest BCUT2D eigenvalue weighted by molar-refractivity contribution is 14.1. The zero-order valence-electron chi connectivity index (χ0n) is 8.78.